The quantitative estimate of drug-likeness (QED) is 0.702. The zero-order valence-corrected chi connectivity index (χ0v) is 11.6. The lowest BCUT2D eigenvalue weighted by Gasteiger charge is -2.13. The smallest absolute Gasteiger partial charge is 0.0991 e. The Morgan fingerprint density at radius 2 is 2.00 bits per heavy atom. The predicted molar refractivity (Wildman–Crippen MR) is 74.6 cm³/mol. The van der Waals surface area contributed by atoms with E-state index in [1.165, 1.54) is 0 Å². The predicted octanol–water partition coefficient (Wildman–Crippen LogP) is 1.85. The summed E-state index contributed by atoms with van der Waals surface area (Å²) in [5.41, 5.74) is 1.42. The van der Waals surface area contributed by atoms with E-state index in [-0.39, 0.29) is 0 Å². The molecule has 1 aromatic rings. The Bertz CT molecular complexity index is 396. The zero-order chi connectivity index (χ0) is 14.1. The van der Waals surface area contributed by atoms with Crippen molar-refractivity contribution in [3.05, 3.63) is 35.4 Å². The van der Waals surface area contributed by atoms with Crippen LogP contribution in [0.3, 0.4) is 0 Å². The van der Waals surface area contributed by atoms with E-state index in [1.807, 2.05) is 0 Å². The van der Waals surface area contributed by atoms with Gasteiger partial charge in [0.25, 0.3) is 0 Å². The van der Waals surface area contributed by atoms with Crippen molar-refractivity contribution in [3.63, 3.8) is 0 Å². The number of hydrogen-bond acceptors (Lipinski definition) is 4. The monoisotopic (exact) mass is 262 g/mol. The van der Waals surface area contributed by atoms with E-state index < -0.39 is 6.10 Å². The van der Waals surface area contributed by atoms with Gasteiger partial charge in [0.1, 0.15) is 0 Å². The molecule has 0 radical (unpaired) electrons. The minimum Gasteiger partial charge on any atom is -0.387 e. The lowest BCUT2D eigenvalue weighted by Crippen LogP contribution is -2.25. The van der Waals surface area contributed by atoms with Crippen LogP contribution in [-0.4, -0.2) is 31.4 Å². The van der Waals surface area contributed by atoms with Crippen LogP contribution in [-0.2, 0) is 4.74 Å². The highest BCUT2D eigenvalue weighted by Crippen LogP contribution is 2.12. The number of nitrogens with zero attached hydrogens (tertiary/aromatic N) is 1. The van der Waals surface area contributed by atoms with Gasteiger partial charge in [-0.25, -0.2) is 0 Å². The topological polar surface area (TPSA) is 65.3 Å². The molecule has 0 aromatic heterocycles. The Balaban J connectivity index is 2.20. The number of aliphatic hydroxyl groups is 1. The van der Waals surface area contributed by atoms with Gasteiger partial charge in [-0.15, -0.1) is 0 Å². The molecule has 1 unspecified atom stereocenters. The fourth-order valence-electron chi connectivity index (χ4n) is 1.60. The van der Waals surface area contributed by atoms with E-state index >= 15 is 0 Å². The average molecular weight is 262 g/mol. The average Bonchev–Trinajstić information content (AvgIpc) is 2.42. The molecule has 19 heavy (non-hydrogen) atoms. The minimum absolute atomic E-state index is 0.483. The second-order valence-electron chi connectivity index (χ2n) is 4.92. The van der Waals surface area contributed by atoms with E-state index in [0.717, 1.165) is 18.7 Å². The molecule has 0 fully saturated rings. The minimum atomic E-state index is -0.558. The molecule has 0 bridgehead atoms. The van der Waals surface area contributed by atoms with Crippen molar-refractivity contribution in [2.45, 2.75) is 20.0 Å². The van der Waals surface area contributed by atoms with Crippen LogP contribution < -0.4 is 5.32 Å². The number of aliphatic hydroxyl groups excluding tert-OH is 1. The number of ether oxygens (including phenoxy) is 1. The van der Waals surface area contributed by atoms with Gasteiger partial charge >= 0.3 is 0 Å². The fraction of sp³-hybridized carbons (Fsp3) is 0.533. The lowest BCUT2D eigenvalue weighted by atomic mass is 10.1. The summed E-state index contributed by atoms with van der Waals surface area (Å²) >= 11 is 0. The Labute approximate surface area is 115 Å². The van der Waals surface area contributed by atoms with E-state index in [9.17, 15) is 5.11 Å². The summed E-state index contributed by atoms with van der Waals surface area (Å²) in [5.74, 6) is 0.546. The SMILES string of the molecule is CC(C)COCCNCC(O)c1ccc(C#N)cc1. The molecular weight excluding hydrogens is 240 g/mol. The van der Waals surface area contributed by atoms with Crippen LogP contribution in [0, 0.1) is 17.2 Å². The van der Waals surface area contributed by atoms with Crippen LogP contribution in [0.25, 0.3) is 0 Å². The molecule has 1 atom stereocenters. The molecule has 1 aromatic carbocycles. The van der Waals surface area contributed by atoms with Crippen LogP contribution in [0.2, 0.25) is 0 Å². The Morgan fingerprint density at radius 3 is 2.58 bits per heavy atom. The molecule has 4 heteroatoms. The number of nitrogens with one attached hydrogen (secondary N) is 1. The maximum atomic E-state index is 9.94. The number of rotatable bonds is 8. The van der Waals surface area contributed by atoms with Gasteiger partial charge in [0, 0.05) is 19.7 Å². The molecule has 0 saturated heterocycles. The van der Waals surface area contributed by atoms with E-state index in [0.29, 0.717) is 24.6 Å². The van der Waals surface area contributed by atoms with Gasteiger partial charge < -0.3 is 15.2 Å². The van der Waals surface area contributed by atoms with Gasteiger partial charge in [-0.1, -0.05) is 26.0 Å². The van der Waals surface area contributed by atoms with Crippen molar-refractivity contribution in [1.29, 1.82) is 5.26 Å². The molecule has 0 saturated carbocycles. The first kappa shape index (κ1) is 15.6. The molecule has 0 aliphatic heterocycles. The molecule has 4 nitrogen and oxygen atoms in total. The molecule has 2 N–H and O–H groups in total. The van der Waals surface area contributed by atoms with Crippen LogP contribution in [0.1, 0.15) is 31.1 Å². The molecule has 0 spiro atoms. The van der Waals surface area contributed by atoms with Crippen molar-refractivity contribution in [1.82, 2.24) is 5.32 Å². The van der Waals surface area contributed by atoms with Crippen LogP contribution in [0.4, 0.5) is 0 Å². The first-order chi connectivity index (χ1) is 9.13. The third-order valence-corrected chi connectivity index (χ3v) is 2.64. The summed E-state index contributed by atoms with van der Waals surface area (Å²) in [6.45, 7) is 6.85. The zero-order valence-electron chi connectivity index (χ0n) is 11.6. The Kier molecular flexibility index (Phi) is 7.12. The maximum absolute atomic E-state index is 9.94. The molecule has 104 valence electrons. The second kappa shape index (κ2) is 8.65. The summed E-state index contributed by atoms with van der Waals surface area (Å²) in [6, 6.07) is 9.04. The largest absolute Gasteiger partial charge is 0.387 e. The van der Waals surface area contributed by atoms with Crippen molar-refractivity contribution < 1.29 is 9.84 Å². The number of benzene rings is 1. The lowest BCUT2D eigenvalue weighted by molar-refractivity contribution is 0.107. The van der Waals surface area contributed by atoms with E-state index in [1.54, 1.807) is 24.3 Å². The third kappa shape index (κ3) is 6.35. The summed E-state index contributed by atoms with van der Waals surface area (Å²) in [7, 11) is 0. The van der Waals surface area contributed by atoms with E-state index in [4.69, 9.17) is 10.00 Å². The molecule has 0 aliphatic carbocycles. The molecule has 0 heterocycles. The van der Waals surface area contributed by atoms with Crippen LogP contribution in [0.15, 0.2) is 24.3 Å². The summed E-state index contributed by atoms with van der Waals surface area (Å²) < 4.78 is 5.43. The van der Waals surface area contributed by atoms with Gasteiger partial charge in [-0.3, -0.25) is 0 Å². The Hall–Kier alpha value is -1.41. The Morgan fingerprint density at radius 1 is 1.32 bits per heavy atom. The highest BCUT2D eigenvalue weighted by atomic mass is 16.5. The van der Waals surface area contributed by atoms with Gasteiger partial charge in [0.2, 0.25) is 0 Å². The van der Waals surface area contributed by atoms with Crippen molar-refractivity contribution in [2.75, 3.05) is 26.3 Å². The summed E-state index contributed by atoms with van der Waals surface area (Å²) in [4.78, 5) is 0. The van der Waals surface area contributed by atoms with E-state index in [2.05, 4.69) is 25.2 Å². The first-order valence-electron chi connectivity index (χ1n) is 6.60. The normalized spacial score (nSPS) is 12.4. The van der Waals surface area contributed by atoms with Gasteiger partial charge in [-0.2, -0.15) is 5.26 Å². The van der Waals surface area contributed by atoms with Gasteiger partial charge in [-0.05, 0) is 23.6 Å². The molecule has 0 aliphatic rings. The molecular formula is C15H22N2O2. The molecule has 1 rings (SSSR count). The standard InChI is InChI=1S/C15H22N2O2/c1-12(2)11-19-8-7-17-10-15(18)14-5-3-13(9-16)4-6-14/h3-6,12,15,17-18H,7-8,10-11H2,1-2H3. The third-order valence-electron chi connectivity index (χ3n) is 2.64. The van der Waals surface area contributed by atoms with Gasteiger partial charge in [0.05, 0.1) is 24.3 Å². The first-order valence-corrected chi connectivity index (χ1v) is 6.60. The summed E-state index contributed by atoms with van der Waals surface area (Å²) in [5, 5.41) is 21.8. The van der Waals surface area contributed by atoms with Crippen molar-refractivity contribution in [2.24, 2.45) is 5.92 Å². The number of nitriles is 1. The van der Waals surface area contributed by atoms with Crippen LogP contribution >= 0.6 is 0 Å². The summed E-state index contributed by atoms with van der Waals surface area (Å²) in [6.07, 6.45) is -0.558. The second-order valence-corrected chi connectivity index (χ2v) is 4.92. The molecule has 0 amide bonds. The highest BCUT2D eigenvalue weighted by molar-refractivity contribution is 5.32. The maximum Gasteiger partial charge on any atom is 0.0991 e. The number of hydrogen-bond donors (Lipinski definition) is 2. The van der Waals surface area contributed by atoms with Crippen molar-refractivity contribution in [3.8, 4) is 6.07 Å². The highest BCUT2D eigenvalue weighted by Gasteiger charge is 2.06. The fourth-order valence-corrected chi connectivity index (χ4v) is 1.60. The van der Waals surface area contributed by atoms with Crippen molar-refractivity contribution >= 4 is 0 Å². The van der Waals surface area contributed by atoms with Crippen LogP contribution in [0.5, 0.6) is 0 Å². The van der Waals surface area contributed by atoms with Gasteiger partial charge in [0.15, 0.2) is 0 Å².